The minimum absolute atomic E-state index is 0.142. The molecule has 0 bridgehead atoms. The molecule has 2 heterocycles. The number of carbonyl (C=O) groups excluding carboxylic acids is 1. The maximum Gasteiger partial charge on any atom is 0.236 e. The van der Waals surface area contributed by atoms with Crippen molar-refractivity contribution in [1.29, 1.82) is 0 Å². The Kier molecular flexibility index (Phi) is 6.86. The molecule has 1 aromatic heterocycles. The van der Waals surface area contributed by atoms with Crippen molar-refractivity contribution >= 4 is 5.91 Å². The van der Waals surface area contributed by atoms with Crippen LogP contribution in [0, 0.1) is 19.8 Å². The lowest BCUT2D eigenvalue weighted by atomic mass is 10.0. The van der Waals surface area contributed by atoms with Crippen LogP contribution in [0.4, 0.5) is 0 Å². The molecule has 1 aliphatic rings. The third-order valence-corrected chi connectivity index (χ3v) is 5.36. The highest BCUT2D eigenvalue weighted by molar-refractivity contribution is 5.77. The van der Waals surface area contributed by atoms with Crippen LogP contribution in [-0.4, -0.2) is 67.8 Å². The Balaban J connectivity index is 1.68. The molecule has 0 saturated carbocycles. The Morgan fingerprint density at radius 2 is 2.11 bits per heavy atom. The van der Waals surface area contributed by atoms with Gasteiger partial charge in [0.05, 0.1) is 18.8 Å². The second kappa shape index (κ2) is 9.34. The first-order chi connectivity index (χ1) is 13.4. The average molecular weight is 386 g/mol. The van der Waals surface area contributed by atoms with Gasteiger partial charge in [0.2, 0.25) is 5.91 Å². The monoisotopic (exact) mass is 385 g/mol. The Labute approximate surface area is 167 Å². The molecule has 0 radical (unpaired) electrons. The zero-order valence-electron chi connectivity index (χ0n) is 17.4. The zero-order chi connectivity index (χ0) is 20.1. The summed E-state index contributed by atoms with van der Waals surface area (Å²) < 4.78 is 10.8. The lowest BCUT2D eigenvalue weighted by Crippen LogP contribution is -2.40. The number of amides is 1. The minimum atomic E-state index is 0.142. The van der Waals surface area contributed by atoms with E-state index in [1.54, 1.807) is 4.90 Å². The van der Waals surface area contributed by atoms with Gasteiger partial charge in [0.15, 0.2) is 0 Å². The average Bonchev–Trinajstić information content (AvgIpc) is 3.29. The molecule has 0 aliphatic carbocycles. The second-order valence-electron chi connectivity index (χ2n) is 7.90. The quantitative estimate of drug-likeness (QED) is 0.699. The SMILES string of the molecule is Cc1noc(C)c1-c1cccc(CCN(CC(=O)N(C)C)CC2CCOC2)c1. The molecular weight excluding hydrogens is 354 g/mol. The fourth-order valence-electron chi connectivity index (χ4n) is 3.72. The van der Waals surface area contributed by atoms with E-state index in [2.05, 4.69) is 34.3 Å². The van der Waals surface area contributed by atoms with E-state index in [9.17, 15) is 4.79 Å². The topological polar surface area (TPSA) is 58.8 Å². The molecule has 1 unspecified atom stereocenters. The lowest BCUT2D eigenvalue weighted by molar-refractivity contribution is -0.130. The first-order valence-electron chi connectivity index (χ1n) is 9.96. The summed E-state index contributed by atoms with van der Waals surface area (Å²) in [7, 11) is 3.62. The molecule has 1 fully saturated rings. The Hall–Kier alpha value is -2.18. The van der Waals surface area contributed by atoms with E-state index in [0.29, 0.717) is 12.5 Å². The first kappa shape index (κ1) is 20.6. The molecule has 1 aromatic carbocycles. The van der Waals surface area contributed by atoms with Gasteiger partial charge in [-0.1, -0.05) is 29.4 Å². The number of hydrogen-bond donors (Lipinski definition) is 0. The maximum atomic E-state index is 12.3. The van der Waals surface area contributed by atoms with Gasteiger partial charge in [-0.05, 0) is 43.7 Å². The number of nitrogens with zero attached hydrogens (tertiary/aromatic N) is 3. The van der Waals surface area contributed by atoms with Gasteiger partial charge < -0.3 is 14.2 Å². The zero-order valence-corrected chi connectivity index (χ0v) is 17.4. The number of benzene rings is 1. The number of likely N-dealkylation sites (N-methyl/N-ethyl adjacent to an activating group) is 1. The fraction of sp³-hybridized carbons (Fsp3) is 0.545. The second-order valence-corrected chi connectivity index (χ2v) is 7.90. The third kappa shape index (κ3) is 5.20. The number of hydrogen-bond acceptors (Lipinski definition) is 5. The Bertz CT molecular complexity index is 775. The van der Waals surface area contributed by atoms with Crippen molar-refractivity contribution < 1.29 is 14.1 Å². The normalized spacial score (nSPS) is 16.7. The standard InChI is InChI=1S/C22H31N3O3/c1-16-22(17(2)28-23-16)20-7-5-6-18(12-20)8-10-25(14-21(26)24(3)4)13-19-9-11-27-15-19/h5-7,12,19H,8-11,13-15H2,1-4H3. The van der Waals surface area contributed by atoms with Gasteiger partial charge in [-0.25, -0.2) is 0 Å². The van der Waals surface area contributed by atoms with E-state index in [1.807, 2.05) is 27.9 Å². The van der Waals surface area contributed by atoms with Crippen LogP contribution in [0.15, 0.2) is 28.8 Å². The molecule has 1 saturated heterocycles. The number of ether oxygens (including phenoxy) is 1. The first-order valence-corrected chi connectivity index (χ1v) is 9.96. The third-order valence-electron chi connectivity index (χ3n) is 5.36. The fourth-order valence-corrected chi connectivity index (χ4v) is 3.72. The highest BCUT2D eigenvalue weighted by Gasteiger charge is 2.21. The van der Waals surface area contributed by atoms with Crippen LogP contribution in [0.1, 0.15) is 23.4 Å². The Morgan fingerprint density at radius 3 is 2.75 bits per heavy atom. The van der Waals surface area contributed by atoms with E-state index in [4.69, 9.17) is 9.26 Å². The summed E-state index contributed by atoms with van der Waals surface area (Å²) in [6.07, 6.45) is 1.97. The van der Waals surface area contributed by atoms with Crippen molar-refractivity contribution in [2.45, 2.75) is 26.7 Å². The van der Waals surface area contributed by atoms with Gasteiger partial charge in [-0.15, -0.1) is 0 Å². The van der Waals surface area contributed by atoms with Crippen molar-refractivity contribution in [3.05, 3.63) is 41.3 Å². The van der Waals surface area contributed by atoms with Gasteiger partial charge in [0, 0.05) is 39.4 Å². The van der Waals surface area contributed by atoms with Crippen LogP contribution in [0.25, 0.3) is 11.1 Å². The van der Waals surface area contributed by atoms with Crippen LogP contribution in [0.3, 0.4) is 0 Å². The highest BCUT2D eigenvalue weighted by Crippen LogP contribution is 2.27. The largest absolute Gasteiger partial charge is 0.381 e. The van der Waals surface area contributed by atoms with Gasteiger partial charge >= 0.3 is 0 Å². The predicted octanol–water partition coefficient (Wildman–Crippen LogP) is 2.93. The molecule has 0 spiro atoms. The highest BCUT2D eigenvalue weighted by atomic mass is 16.5. The van der Waals surface area contributed by atoms with Crippen molar-refractivity contribution in [3.63, 3.8) is 0 Å². The molecule has 3 rings (SSSR count). The predicted molar refractivity (Wildman–Crippen MR) is 109 cm³/mol. The van der Waals surface area contributed by atoms with Crippen molar-refractivity contribution in [3.8, 4) is 11.1 Å². The summed E-state index contributed by atoms with van der Waals surface area (Å²) >= 11 is 0. The summed E-state index contributed by atoms with van der Waals surface area (Å²) in [6, 6.07) is 8.53. The van der Waals surface area contributed by atoms with Crippen LogP contribution in [-0.2, 0) is 16.0 Å². The summed E-state index contributed by atoms with van der Waals surface area (Å²) in [6.45, 7) is 7.75. The summed E-state index contributed by atoms with van der Waals surface area (Å²) in [4.78, 5) is 16.2. The number of rotatable bonds is 8. The number of aromatic nitrogens is 1. The van der Waals surface area contributed by atoms with Gasteiger partial charge in [0.25, 0.3) is 0 Å². The molecular formula is C22H31N3O3. The van der Waals surface area contributed by atoms with E-state index < -0.39 is 0 Å². The summed E-state index contributed by atoms with van der Waals surface area (Å²) in [5.74, 6) is 1.50. The van der Waals surface area contributed by atoms with Crippen molar-refractivity contribution in [2.75, 3.05) is 46.9 Å². The number of carbonyl (C=O) groups is 1. The minimum Gasteiger partial charge on any atom is -0.381 e. The molecule has 1 amide bonds. The van der Waals surface area contributed by atoms with Crippen LogP contribution < -0.4 is 0 Å². The van der Waals surface area contributed by atoms with E-state index >= 15 is 0 Å². The molecule has 1 aliphatic heterocycles. The number of aryl methyl sites for hydroxylation is 2. The molecule has 1 atom stereocenters. The molecule has 6 heteroatoms. The molecule has 2 aromatic rings. The van der Waals surface area contributed by atoms with Crippen LogP contribution in [0.2, 0.25) is 0 Å². The van der Waals surface area contributed by atoms with Gasteiger partial charge in [0.1, 0.15) is 5.76 Å². The smallest absolute Gasteiger partial charge is 0.236 e. The lowest BCUT2D eigenvalue weighted by Gasteiger charge is -2.26. The molecule has 0 N–H and O–H groups in total. The van der Waals surface area contributed by atoms with Gasteiger partial charge in [-0.2, -0.15) is 0 Å². The van der Waals surface area contributed by atoms with E-state index in [1.165, 1.54) is 5.56 Å². The molecule has 6 nitrogen and oxygen atoms in total. The van der Waals surface area contributed by atoms with Crippen molar-refractivity contribution in [1.82, 2.24) is 15.0 Å². The van der Waals surface area contributed by atoms with Crippen LogP contribution >= 0.6 is 0 Å². The van der Waals surface area contributed by atoms with Gasteiger partial charge in [-0.3, -0.25) is 9.69 Å². The summed E-state index contributed by atoms with van der Waals surface area (Å²) in [5, 5.41) is 4.07. The maximum absolute atomic E-state index is 12.3. The molecule has 152 valence electrons. The Morgan fingerprint density at radius 1 is 1.29 bits per heavy atom. The van der Waals surface area contributed by atoms with E-state index in [0.717, 1.165) is 61.7 Å². The van der Waals surface area contributed by atoms with Crippen molar-refractivity contribution in [2.24, 2.45) is 5.92 Å². The molecule has 28 heavy (non-hydrogen) atoms. The summed E-state index contributed by atoms with van der Waals surface area (Å²) in [5.41, 5.74) is 4.37. The van der Waals surface area contributed by atoms with E-state index in [-0.39, 0.29) is 5.91 Å². The van der Waals surface area contributed by atoms with Crippen LogP contribution in [0.5, 0.6) is 0 Å².